The molecule has 0 saturated heterocycles. The zero-order valence-corrected chi connectivity index (χ0v) is 34.5. The molecule has 298 valence electrons. The van der Waals surface area contributed by atoms with Crippen LogP contribution in [0.1, 0.15) is 11.1 Å². The molecule has 6 nitrogen and oxygen atoms in total. The van der Waals surface area contributed by atoms with Crippen LogP contribution in [0.4, 0.5) is 34.1 Å². The second-order valence-electron chi connectivity index (χ2n) is 15.7. The van der Waals surface area contributed by atoms with E-state index in [1.54, 1.807) is 0 Å². The number of aromatic nitrogens is 2. The maximum Gasteiger partial charge on any atom is 0.0991 e. The fraction of sp³-hybridized carbons (Fsp3) is 0. The van der Waals surface area contributed by atoms with Gasteiger partial charge in [0.25, 0.3) is 0 Å². The molecule has 0 amide bonds. The summed E-state index contributed by atoms with van der Waals surface area (Å²) in [5, 5.41) is 23.5. The molecule has 11 aromatic rings. The lowest BCUT2D eigenvalue weighted by Gasteiger charge is -2.26. The maximum atomic E-state index is 9.94. The first-order valence-electron chi connectivity index (χ1n) is 21.1. The first-order chi connectivity index (χ1) is 31.6. The molecule has 0 spiro atoms. The standard InChI is InChI=1S/C58H36N6/c59-37-39-21-31-49-50-32-22-40(38-60)34-54(50)58-57(53(49)33-39)61-55-35-51(41-23-27-47(28-24-41)63(43-13-5-1-6-14-43)44-15-7-2-8-16-44)52(36-56(55)62-58)42-25-29-48(30-26-42)64(45-17-9-3-10-18-45)46-19-11-4-12-20-46/h1-36H. The Labute approximate surface area is 370 Å². The largest absolute Gasteiger partial charge is 0.311 e. The van der Waals surface area contributed by atoms with Gasteiger partial charge in [0.1, 0.15) is 0 Å². The Morgan fingerprint density at radius 1 is 0.312 bits per heavy atom. The van der Waals surface area contributed by atoms with Crippen molar-refractivity contribution in [2.45, 2.75) is 0 Å². The van der Waals surface area contributed by atoms with Crippen LogP contribution in [0.3, 0.4) is 0 Å². The van der Waals surface area contributed by atoms with Crippen molar-refractivity contribution in [2.75, 3.05) is 9.80 Å². The van der Waals surface area contributed by atoms with E-state index in [4.69, 9.17) is 9.97 Å². The van der Waals surface area contributed by atoms with Crippen molar-refractivity contribution >= 4 is 77.7 Å². The van der Waals surface area contributed by atoms with Gasteiger partial charge in [0.2, 0.25) is 0 Å². The van der Waals surface area contributed by atoms with Gasteiger partial charge in [0.15, 0.2) is 0 Å². The summed E-state index contributed by atoms with van der Waals surface area (Å²) in [5.74, 6) is 0. The quantitative estimate of drug-likeness (QED) is 0.112. The molecule has 6 heteroatoms. The van der Waals surface area contributed by atoms with Crippen molar-refractivity contribution in [2.24, 2.45) is 0 Å². The van der Waals surface area contributed by atoms with E-state index in [0.717, 1.165) is 89.0 Å². The Kier molecular flexibility index (Phi) is 9.50. The number of nitriles is 2. The van der Waals surface area contributed by atoms with Crippen molar-refractivity contribution in [3.8, 4) is 34.4 Å². The van der Waals surface area contributed by atoms with Gasteiger partial charge in [-0.15, -0.1) is 0 Å². The summed E-state index contributed by atoms with van der Waals surface area (Å²) >= 11 is 0. The summed E-state index contributed by atoms with van der Waals surface area (Å²) in [5.41, 5.74) is 14.3. The van der Waals surface area contributed by atoms with E-state index in [1.807, 2.05) is 60.7 Å². The maximum absolute atomic E-state index is 9.94. The zero-order chi connectivity index (χ0) is 43.0. The molecule has 0 aliphatic carbocycles. The van der Waals surface area contributed by atoms with Crippen molar-refractivity contribution in [1.29, 1.82) is 10.5 Å². The van der Waals surface area contributed by atoms with Gasteiger partial charge in [-0.3, -0.25) is 0 Å². The normalized spacial score (nSPS) is 11.1. The smallest absolute Gasteiger partial charge is 0.0991 e. The highest BCUT2D eigenvalue weighted by Crippen LogP contribution is 2.42. The highest BCUT2D eigenvalue weighted by Gasteiger charge is 2.19. The second-order valence-corrected chi connectivity index (χ2v) is 15.7. The lowest BCUT2D eigenvalue weighted by Crippen LogP contribution is -2.09. The number of rotatable bonds is 8. The summed E-state index contributed by atoms with van der Waals surface area (Å²) in [6.07, 6.45) is 0. The Hall–Kier alpha value is -9.10. The van der Waals surface area contributed by atoms with Crippen molar-refractivity contribution in [3.05, 3.63) is 230 Å². The molecule has 0 fully saturated rings. The molecule has 0 atom stereocenters. The fourth-order valence-corrected chi connectivity index (χ4v) is 8.83. The average molecular weight is 817 g/mol. The minimum Gasteiger partial charge on any atom is -0.311 e. The topological polar surface area (TPSA) is 79.8 Å². The van der Waals surface area contributed by atoms with Crippen molar-refractivity contribution in [1.82, 2.24) is 9.97 Å². The molecule has 0 N–H and O–H groups in total. The molecule has 64 heavy (non-hydrogen) atoms. The van der Waals surface area contributed by atoms with E-state index in [2.05, 4.69) is 180 Å². The van der Waals surface area contributed by atoms with Crippen LogP contribution in [-0.2, 0) is 0 Å². The van der Waals surface area contributed by atoms with Gasteiger partial charge in [0.05, 0.1) is 45.3 Å². The summed E-state index contributed by atoms with van der Waals surface area (Å²) < 4.78 is 0. The van der Waals surface area contributed by atoms with Gasteiger partial charge < -0.3 is 9.80 Å². The molecule has 1 heterocycles. The summed E-state index contributed by atoms with van der Waals surface area (Å²) in [4.78, 5) is 15.3. The van der Waals surface area contributed by atoms with Gasteiger partial charge >= 0.3 is 0 Å². The first kappa shape index (κ1) is 37.9. The van der Waals surface area contributed by atoms with Crippen LogP contribution < -0.4 is 9.80 Å². The molecular weight excluding hydrogens is 781 g/mol. The third-order valence-corrected chi connectivity index (χ3v) is 11.8. The van der Waals surface area contributed by atoms with Crippen LogP contribution in [0, 0.1) is 22.7 Å². The Bertz CT molecular complexity index is 3280. The van der Waals surface area contributed by atoms with Gasteiger partial charge in [-0.2, -0.15) is 10.5 Å². The number of hydrogen-bond acceptors (Lipinski definition) is 6. The van der Waals surface area contributed by atoms with Gasteiger partial charge in [-0.25, -0.2) is 9.97 Å². The highest BCUT2D eigenvalue weighted by atomic mass is 15.1. The zero-order valence-electron chi connectivity index (χ0n) is 34.5. The Balaban J connectivity index is 1.12. The van der Waals surface area contributed by atoms with Crippen LogP contribution in [0.15, 0.2) is 218 Å². The van der Waals surface area contributed by atoms with Crippen LogP contribution in [0.2, 0.25) is 0 Å². The van der Waals surface area contributed by atoms with Gasteiger partial charge in [0, 0.05) is 44.9 Å². The SMILES string of the molecule is N#Cc1ccc2c3ccc(C#N)cc3c3nc4cc(-c5ccc(N(c6ccccc6)c6ccccc6)cc5)c(-c5ccc(N(c6ccccc6)c6ccccc6)cc5)cc4nc3c2c1. The number of hydrogen-bond donors (Lipinski definition) is 0. The molecular formula is C58H36N6. The minimum absolute atomic E-state index is 0.543. The van der Waals surface area contributed by atoms with Crippen LogP contribution >= 0.6 is 0 Å². The van der Waals surface area contributed by atoms with Crippen LogP contribution in [-0.4, -0.2) is 9.97 Å². The predicted octanol–water partition coefficient (Wildman–Crippen LogP) is 15.1. The van der Waals surface area contributed by atoms with Crippen molar-refractivity contribution < 1.29 is 0 Å². The van der Waals surface area contributed by atoms with Gasteiger partial charge in [-0.05, 0) is 142 Å². The van der Waals surface area contributed by atoms with E-state index in [9.17, 15) is 10.5 Å². The predicted molar refractivity (Wildman–Crippen MR) is 262 cm³/mol. The molecule has 10 aromatic carbocycles. The highest BCUT2D eigenvalue weighted by molar-refractivity contribution is 6.24. The summed E-state index contributed by atoms with van der Waals surface area (Å²) in [7, 11) is 0. The number of para-hydroxylation sites is 4. The van der Waals surface area contributed by atoms with Crippen LogP contribution in [0.25, 0.3) is 65.9 Å². The minimum atomic E-state index is 0.543. The van der Waals surface area contributed by atoms with E-state index >= 15 is 0 Å². The Morgan fingerprint density at radius 2 is 0.625 bits per heavy atom. The molecule has 0 saturated carbocycles. The number of anilines is 6. The second kappa shape index (κ2) is 16.1. The average Bonchev–Trinajstić information content (AvgIpc) is 3.37. The van der Waals surface area contributed by atoms with E-state index in [0.29, 0.717) is 22.2 Å². The van der Waals surface area contributed by atoms with Gasteiger partial charge in [-0.1, -0.05) is 109 Å². The monoisotopic (exact) mass is 816 g/mol. The first-order valence-corrected chi connectivity index (χ1v) is 21.1. The lowest BCUT2D eigenvalue weighted by molar-refractivity contribution is 1.28. The molecule has 11 rings (SSSR count). The number of benzene rings is 10. The Morgan fingerprint density at radius 3 is 0.938 bits per heavy atom. The number of nitrogens with zero attached hydrogens (tertiary/aromatic N) is 6. The third-order valence-electron chi connectivity index (χ3n) is 11.8. The lowest BCUT2D eigenvalue weighted by atomic mass is 9.92. The summed E-state index contributed by atoms with van der Waals surface area (Å²) in [6, 6.07) is 79.3. The van der Waals surface area contributed by atoms with E-state index < -0.39 is 0 Å². The third kappa shape index (κ3) is 6.79. The van der Waals surface area contributed by atoms with E-state index in [1.165, 1.54) is 0 Å². The fourth-order valence-electron chi connectivity index (χ4n) is 8.83. The molecule has 0 radical (unpaired) electrons. The van der Waals surface area contributed by atoms with Crippen molar-refractivity contribution in [3.63, 3.8) is 0 Å². The molecule has 1 aromatic heterocycles. The summed E-state index contributed by atoms with van der Waals surface area (Å²) in [6.45, 7) is 0. The molecule has 0 unspecified atom stereocenters. The molecule has 0 aliphatic heterocycles. The molecule has 0 bridgehead atoms. The van der Waals surface area contributed by atoms with Crippen LogP contribution in [0.5, 0.6) is 0 Å². The van der Waals surface area contributed by atoms with E-state index in [-0.39, 0.29) is 0 Å². The number of fused-ring (bicyclic) bond motifs is 7. The molecule has 0 aliphatic rings.